The maximum atomic E-state index is 11.7. The first-order valence-corrected chi connectivity index (χ1v) is 5.78. The van der Waals surface area contributed by atoms with Crippen LogP contribution in [0.3, 0.4) is 0 Å². The Balaban J connectivity index is 1.85. The van der Waals surface area contributed by atoms with E-state index in [1.165, 1.54) is 0 Å². The molecular formula is C14H15N3O. The standard InChI is InChI=1S/C14H15N3O/c15-12-3-1-2-11(10-12)4-5-14(18)17-13-6-8-16-9-7-13/h1-3,6-10H,4-5,15H2,(H,16,17,18). The maximum absolute atomic E-state index is 11.7. The number of rotatable bonds is 4. The molecule has 2 aromatic rings. The molecule has 0 unspecified atom stereocenters. The lowest BCUT2D eigenvalue weighted by Crippen LogP contribution is -2.12. The average molecular weight is 241 g/mol. The fourth-order valence-electron chi connectivity index (χ4n) is 1.67. The van der Waals surface area contributed by atoms with E-state index in [9.17, 15) is 4.79 Å². The molecule has 0 bridgehead atoms. The van der Waals surface area contributed by atoms with Crippen LogP contribution in [-0.4, -0.2) is 10.9 Å². The van der Waals surface area contributed by atoms with Crippen LogP contribution in [0, 0.1) is 0 Å². The number of nitrogens with two attached hydrogens (primary N) is 1. The lowest BCUT2D eigenvalue weighted by Gasteiger charge is -2.05. The smallest absolute Gasteiger partial charge is 0.224 e. The van der Waals surface area contributed by atoms with Gasteiger partial charge in [-0.3, -0.25) is 9.78 Å². The van der Waals surface area contributed by atoms with Crippen molar-refractivity contribution in [3.05, 3.63) is 54.4 Å². The number of nitrogens with zero attached hydrogens (tertiary/aromatic N) is 1. The summed E-state index contributed by atoms with van der Waals surface area (Å²) in [6.45, 7) is 0. The number of anilines is 2. The molecule has 0 fully saturated rings. The zero-order chi connectivity index (χ0) is 12.8. The van der Waals surface area contributed by atoms with Gasteiger partial charge in [-0.2, -0.15) is 0 Å². The molecule has 92 valence electrons. The zero-order valence-electron chi connectivity index (χ0n) is 9.97. The maximum Gasteiger partial charge on any atom is 0.224 e. The first-order valence-electron chi connectivity index (χ1n) is 5.78. The minimum absolute atomic E-state index is 0.0105. The molecule has 1 amide bonds. The molecule has 0 atom stereocenters. The van der Waals surface area contributed by atoms with Crippen molar-refractivity contribution in [3.63, 3.8) is 0 Å². The molecule has 0 aliphatic carbocycles. The molecule has 3 N–H and O–H groups in total. The third-order valence-electron chi connectivity index (χ3n) is 2.56. The van der Waals surface area contributed by atoms with Crippen LogP contribution in [0.15, 0.2) is 48.8 Å². The van der Waals surface area contributed by atoms with Gasteiger partial charge in [-0.25, -0.2) is 0 Å². The van der Waals surface area contributed by atoms with E-state index in [0.717, 1.165) is 16.9 Å². The topological polar surface area (TPSA) is 68.0 Å². The van der Waals surface area contributed by atoms with E-state index in [4.69, 9.17) is 5.73 Å². The van der Waals surface area contributed by atoms with Gasteiger partial charge in [0.15, 0.2) is 0 Å². The summed E-state index contributed by atoms with van der Waals surface area (Å²) >= 11 is 0. The number of nitrogens with one attached hydrogen (secondary N) is 1. The normalized spacial score (nSPS) is 10.0. The van der Waals surface area contributed by atoms with E-state index in [1.54, 1.807) is 24.5 Å². The molecule has 0 saturated heterocycles. The summed E-state index contributed by atoms with van der Waals surface area (Å²) in [5, 5.41) is 2.82. The minimum atomic E-state index is -0.0105. The first-order chi connectivity index (χ1) is 8.74. The van der Waals surface area contributed by atoms with Crippen molar-refractivity contribution in [1.29, 1.82) is 0 Å². The van der Waals surface area contributed by atoms with Crippen molar-refractivity contribution >= 4 is 17.3 Å². The largest absolute Gasteiger partial charge is 0.399 e. The van der Waals surface area contributed by atoms with Crippen molar-refractivity contribution in [2.45, 2.75) is 12.8 Å². The van der Waals surface area contributed by atoms with E-state index < -0.39 is 0 Å². The Bertz CT molecular complexity index is 526. The van der Waals surface area contributed by atoms with E-state index in [2.05, 4.69) is 10.3 Å². The Morgan fingerprint density at radius 2 is 2.00 bits per heavy atom. The van der Waals surface area contributed by atoms with Crippen molar-refractivity contribution in [2.75, 3.05) is 11.1 Å². The van der Waals surface area contributed by atoms with Gasteiger partial charge in [0.05, 0.1) is 0 Å². The number of benzene rings is 1. The predicted octanol–water partition coefficient (Wildman–Crippen LogP) is 2.24. The van der Waals surface area contributed by atoms with Gasteiger partial charge in [0, 0.05) is 30.2 Å². The Kier molecular flexibility index (Phi) is 3.91. The van der Waals surface area contributed by atoms with Crippen molar-refractivity contribution < 1.29 is 4.79 Å². The highest BCUT2D eigenvalue weighted by Crippen LogP contribution is 2.10. The van der Waals surface area contributed by atoms with E-state index in [1.807, 2.05) is 24.3 Å². The van der Waals surface area contributed by atoms with Gasteiger partial charge in [-0.15, -0.1) is 0 Å². The second kappa shape index (κ2) is 5.82. The Morgan fingerprint density at radius 1 is 1.22 bits per heavy atom. The van der Waals surface area contributed by atoms with Crippen LogP contribution in [-0.2, 0) is 11.2 Å². The molecule has 0 aliphatic heterocycles. The molecule has 0 spiro atoms. The van der Waals surface area contributed by atoms with E-state index in [-0.39, 0.29) is 5.91 Å². The fourth-order valence-corrected chi connectivity index (χ4v) is 1.67. The summed E-state index contributed by atoms with van der Waals surface area (Å²) in [4.78, 5) is 15.6. The Morgan fingerprint density at radius 3 is 2.72 bits per heavy atom. The number of hydrogen-bond donors (Lipinski definition) is 2. The number of aromatic nitrogens is 1. The number of carbonyl (C=O) groups is 1. The second-order valence-corrected chi connectivity index (χ2v) is 4.03. The SMILES string of the molecule is Nc1cccc(CCC(=O)Nc2ccncc2)c1. The highest BCUT2D eigenvalue weighted by Gasteiger charge is 2.03. The van der Waals surface area contributed by atoms with Gasteiger partial charge < -0.3 is 11.1 Å². The number of nitrogen functional groups attached to an aromatic ring is 1. The molecule has 4 nitrogen and oxygen atoms in total. The summed E-state index contributed by atoms with van der Waals surface area (Å²) in [5.74, 6) is -0.0105. The molecule has 18 heavy (non-hydrogen) atoms. The minimum Gasteiger partial charge on any atom is -0.399 e. The molecule has 0 saturated carbocycles. The van der Waals surface area contributed by atoms with Crippen LogP contribution < -0.4 is 11.1 Å². The number of aryl methyl sites for hydroxylation is 1. The quantitative estimate of drug-likeness (QED) is 0.806. The summed E-state index contributed by atoms with van der Waals surface area (Å²) in [6.07, 6.45) is 4.41. The monoisotopic (exact) mass is 241 g/mol. The van der Waals surface area contributed by atoms with Gasteiger partial charge in [-0.1, -0.05) is 12.1 Å². The van der Waals surface area contributed by atoms with Crippen LogP contribution >= 0.6 is 0 Å². The molecule has 2 rings (SSSR count). The third-order valence-corrected chi connectivity index (χ3v) is 2.56. The molecule has 1 aromatic carbocycles. The third kappa shape index (κ3) is 3.59. The second-order valence-electron chi connectivity index (χ2n) is 4.03. The number of amides is 1. The van der Waals surface area contributed by atoms with Crippen LogP contribution in [0.1, 0.15) is 12.0 Å². The van der Waals surface area contributed by atoms with Gasteiger partial charge in [-0.05, 0) is 36.2 Å². The molecule has 1 heterocycles. The first kappa shape index (κ1) is 12.1. The molecule has 0 aliphatic rings. The van der Waals surface area contributed by atoms with Gasteiger partial charge in [0.2, 0.25) is 5.91 Å². The molecule has 4 heteroatoms. The number of pyridine rings is 1. The lowest BCUT2D eigenvalue weighted by molar-refractivity contribution is -0.116. The van der Waals surface area contributed by atoms with E-state index in [0.29, 0.717) is 12.8 Å². The van der Waals surface area contributed by atoms with Gasteiger partial charge >= 0.3 is 0 Å². The van der Waals surface area contributed by atoms with Crippen molar-refractivity contribution in [1.82, 2.24) is 4.98 Å². The summed E-state index contributed by atoms with van der Waals surface area (Å²) in [6, 6.07) is 11.1. The number of hydrogen-bond acceptors (Lipinski definition) is 3. The zero-order valence-corrected chi connectivity index (χ0v) is 9.97. The van der Waals surface area contributed by atoms with Crippen LogP contribution in [0.25, 0.3) is 0 Å². The molecule has 1 aromatic heterocycles. The van der Waals surface area contributed by atoms with E-state index >= 15 is 0 Å². The Hall–Kier alpha value is -2.36. The number of carbonyl (C=O) groups excluding carboxylic acids is 1. The summed E-state index contributed by atoms with van der Waals surface area (Å²) in [5.41, 5.74) is 8.24. The molecular weight excluding hydrogens is 226 g/mol. The lowest BCUT2D eigenvalue weighted by atomic mass is 10.1. The van der Waals surface area contributed by atoms with Crippen LogP contribution in [0.4, 0.5) is 11.4 Å². The van der Waals surface area contributed by atoms with Crippen LogP contribution in [0.5, 0.6) is 0 Å². The van der Waals surface area contributed by atoms with Gasteiger partial charge in [0.1, 0.15) is 0 Å². The predicted molar refractivity (Wildman–Crippen MR) is 72.0 cm³/mol. The summed E-state index contributed by atoms with van der Waals surface area (Å²) < 4.78 is 0. The average Bonchev–Trinajstić information content (AvgIpc) is 2.38. The Labute approximate surface area is 106 Å². The van der Waals surface area contributed by atoms with Crippen molar-refractivity contribution in [2.24, 2.45) is 0 Å². The highest BCUT2D eigenvalue weighted by molar-refractivity contribution is 5.90. The fraction of sp³-hybridized carbons (Fsp3) is 0.143. The summed E-state index contributed by atoms with van der Waals surface area (Å²) in [7, 11) is 0. The van der Waals surface area contributed by atoms with Crippen LogP contribution in [0.2, 0.25) is 0 Å². The van der Waals surface area contributed by atoms with Crippen molar-refractivity contribution in [3.8, 4) is 0 Å². The van der Waals surface area contributed by atoms with Gasteiger partial charge in [0.25, 0.3) is 0 Å². The highest BCUT2D eigenvalue weighted by atomic mass is 16.1. The molecule has 0 radical (unpaired) electrons.